The summed E-state index contributed by atoms with van der Waals surface area (Å²) < 4.78 is 31.3. The second kappa shape index (κ2) is 6.24. The molecule has 0 bridgehead atoms. The van der Waals surface area contributed by atoms with E-state index in [9.17, 15) is 8.78 Å². The van der Waals surface area contributed by atoms with Gasteiger partial charge in [-0.15, -0.1) is 0 Å². The molecule has 2 rings (SSSR count). The zero-order valence-corrected chi connectivity index (χ0v) is 10.5. The quantitative estimate of drug-likeness (QED) is 0.900. The molecule has 100 valence electrons. The molecule has 0 radical (unpaired) electrons. The third-order valence-electron chi connectivity index (χ3n) is 2.44. The Balaban J connectivity index is 2.06. The van der Waals surface area contributed by atoms with Gasteiger partial charge in [0.15, 0.2) is 0 Å². The molecule has 0 spiro atoms. The predicted molar refractivity (Wildman–Crippen MR) is 68.0 cm³/mol. The lowest BCUT2D eigenvalue weighted by Gasteiger charge is -2.06. The molecule has 2 aromatic rings. The number of benzene rings is 1. The van der Waals surface area contributed by atoms with E-state index in [1.54, 1.807) is 12.3 Å². The van der Waals surface area contributed by atoms with Gasteiger partial charge >= 0.3 is 0 Å². The highest BCUT2D eigenvalue weighted by atomic mass is 19.1. The number of nitrogens with one attached hydrogen (secondary N) is 1. The van der Waals surface area contributed by atoms with Crippen molar-refractivity contribution in [2.75, 3.05) is 6.54 Å². The third kappa shape index (κ3) is 3.99. The maximum absolute atomic E-state index is 13.0. The summed E-state index contributed by atoms with van der Waals surface area (Å²) in [6.07, 6.45) is 1.66. The molecular formula is C14H14F2N2O. The van der Waals surface area contributed by atoms with E-state index in [0.29, 0.717) is 5.88 Å². The number of aromatic nitrogens is 1. The van der Waals surface area contributed by atoms with Crippen molar-refractivity contribution in [1.29, 1.82) is 0 Å². The zero-order chi connectivity index (χ0) is 13.7. The molecule has 1 N–H and O–H groups in total. The van der Waals surface area contributed by atoms with Crippen molar-refractivity contribution in [2.45, 2.75) is 13.5 Å². The summed E-state index contributed by atoms with van der Waals surface area (Å²) in [6, 6.07) is 6.52. The first kappa shape index (κ1) is 13.4. The minimum atomic E-state index is -0.682. The van der Waals surface area contributed by atoms with Crippen LogP contribution in [-0.2, 0) is 6.54 Å². The number of rotatable bonds is 5. The van der Waals surface area contributed by atoms with Crippen LogP contribution in [0.15, 0.2) is 36.5 Å². The van der Waals surface area contributed by atoms with Crippen molar-refractivity contribution in [3.8, 4) is 11.6 Å². The van der Waals surface area contributed by atoms with Gasteiger partial charge in [-0.25, -0.2) is 13.8 Å². The number of hydrogen-bond donors (Lipinski definition) is 1. The van der Waals surface area contributed by atoms with Crippen LogP contribution in [0.5, 0.6) is 11.6 Å². The Labute approximate surface area is 110 Å². The van der Waals surface area contributed by atoms with Crippen LogP contribution in [0.1, 0.15) is 12.5 Å². The second-order valence-corrected chi connectivity index (χ2v) is 3.99. The van der Waals surface area contributed by atoms with Gasteiger partial charge in [0.05, 0.1) is 0 Å². The maximum Gasteiger partial charge on any atom is 0.219 e. The standard InChI is InChI=1S/C14H14F2N2O/c1-2-17-8-10-3-4-14(18-9-10)19-13-6-11(15)5-12(16)7-13/h3-7,9,17H,2,8H2,1H3. The summed E-state index contributed by atoms with van der Waals surface area (Å²) >= 11 is 0. The molecule has 0 aliphatic carbocycles. The van der Waals surface area contributed by atoms with Gasteiger partial charge in [0.1, 0.15) is 17.4 Å². The Bertz CT molecular complexity index is 523. The Morgan fingerprint density at radius 3 is 2.47 bits per heavy atom. The molecule has 0 aliphatic heterocycles. The highest BCUT2D eigenvalue weighted by Gasteiger charge is 2.04. The molecule has 1 heterocycles. The van der Waals surface area contributed by atoms with Gasteiger partial charge < -0.3 is 10.1 Å². The molecule has 0 fully saturated rings. The first-order valence-electron chi connectivity index (χ1n) is 5.97. The van der Waals surface area contributed by atoms with Crippen LogP contribution < -0.4 is 10.1 Å². The summed E-state index contributed by atoms with van der Waals surface area (Å²) in [5, 5.41) is 3.17. The summed E-state index contributed by atoms with van der Waals surface area (Å²) in [7, 11) is 0. The fourth-order valence-corrected chi connectivity index (χ4v) is 1.55. The number of pyridine rings is 1. The Hall–Kier alpha value is -2.01. The third-order valence-corrected chi connectivity index (χ3v) is 2.44. The number of nitrogens with zero attached hydrogens (tertiary/aromatic N) is 1. The molecule has 0 aliphatic rings. The van der Waals surface area contributed by atoms with Gasteiger partial charge in [0.2, 0.25) is 5.88 Å². The summed E-state index contributed by atoms with van der Waals surface area (Å²) in [5.41, 5.74) is 1.01. The topological polar surface area (TPSA) is 34.1 Å². The molecule has 0 unspecified atom stereocenters. The molecule has 1 aromatic carbocycles. The van der Waals surface area contributed by atoms with Crippen LogP contribution in [-0.4, -0.2) is 11.5 Å². The number of hydrogen-bond acceptors (Lipinski definition) is 3. The van der Waals surface area contributed by atoms with Crippen molar-refractivity contribution in [1.82, 2.24) is 10.3 Å². The van der Waals surface area contributed by atoms with E-state index >= 15 is 0 Å². The van der Waals surface area contributed by atoms with E-state index in [1.807, 2.05) is 13.0 Å². The molecule has 0 saturated heterocycles. The molecule has 0 saturated carbocycles. The molecule has 19 heavy (non-hydrogen) atoms. The van der Waals surface area contributed by atoms with Gasteiger partial charge in [-0.1, -0.05) is 13.0 Å². The zero-order valence-electron chi connectivity index (χ0n) is 10.5. The fraction of sp³-hybridized carbons (Fsp3) is 0.214. The Morgan fingerprint density at radius 2 is 1.89 bits per heavy atom. The van der Waals surface area contributed by atoms with Crippen LogP contribution in [0, 0.1) is 11.6 Å². The molecule has 3 nitrogen and oxygen atoms in total. The summed E-state index contributed by atoms with van der Waals surface area (Å²) in [4.78, 5) is 4.08. The molecule has 0 atom stereocenters. The first-order valence-corrected chi connectivity index (χ1v) is 5.97. The molecule has 0 amide bonds. The number of halogens is 2. The largest absolute Gasteiger partial charge is 0.439 e. The van der Waals surface area contributed by atoms with E-state index in [4.69, 9.17) is 4.74 Å². The van der Waals surface area contributed by atoms with E-state index < -0.39 is 11.6 Å². The molecular weight excluding hydrogens is 250 g/mol. The van der Waals surface area contributed by atoms with Crippen LogP contribution in [0.25, 0.3) is 0 Å². The monoisotopic (exact) mass is 264 g/mol. The maximum atomic E-state index is 13.0. The van der Waals surface area contributed by atoms with Gasteiger partial charge in [-0.2, -0.15) is 0 Å². The highest BCUT2D eigenvalue weighted by Crippen LogP contribution is 2.21. The van der Waals surface area contributed by atoms with E-state index in [0.717, 1.165) is 36.9 Å². The van der Waals surface area contributed by atoms with Crippen LogP contribution in [0.3, 0.4) is 0 Å². The average Bonchev–Trinajstić information content (AvgIpc) is 2.37. The minimum Gasteiger partial charge on any atom is -0.439 e. The summed E-state index contributed by atoms with van der Waals surface area (Å²) in [5.74, 6) is -0.979. The lowest BCUT2D eigenvalue weighted by molar-refractivity contribution is 0.451. The van der Waals surface area contributed by atoms with Gasteiger partial charge in [-0.3, -0.25) is 0 Å². The second-order valence-electron chi connectivity index (χ2n) is 3.99. The lowest BCUT2D eigenvalue weighted by atomic mass is 10.3. The molecule has 1 aromatic heterocycles. The normalized spacial score (nSPS) is 10.5. The SMILES string of the molecule is CCNCc1ccc(Oc2cc(F)cc(F)c2)nc1. The van der Waals surface area contributed by atoms with Crippen molar-refractivity contribution in [3.63, 3.8) is 0 Å². The Morgan fingerprint density at radius 1 is 1.16 bits per heavy atom. The smallest absolute Gasteiger partial charge is 0.219 e. The van der Waals surface area contributed by atoms with Crippen LogP contribution in [0.4, 0.5) is 8.78 Å². The van der Waals surface area contributed by atoms with Crippen LogP contribution in [0.2, 0.25) is 0 Å². The highest BCUT2D eigenvalue weighted by molar-refractivity contribution is 5.29. The first-order chi connectivity index (χ1) is 9.17. The van der Waals surface area contributed by atoms with Crippen molar-refractivity contribution in [3.05, 3.63) is 53.7 Å². The van der Waals surface area contributed by atoms with E-state index in [-0.39, 0.29) is 5.75 Å². The Kier molecular flexibility index (Phi) is 4.41. The minimum absolute atomic E-state index is 0.0874. The van der Waals surface area contributed by atoms with Crippen molar-refractivity contribution < 1.29 is 13.5 Å². The van der Waals surface area contributed by atoms with Gasteiger partial charge in [0, 0.05) is 37.0 Å². The van der Waals surface area contributed by atoms with E-state index in [2.05, 4.69) is 10.3 Å². The summed E-state index contributed by atoms with van der Waals surface area (Å²) in [6.45, 7) is 3.61. The number of ether oxygens (including phenoxy) is 1. The fourth-order valence-electron chi connectivity index (χ4n) is 1.55. The molecule has 5 heteroatoms. The van der Waals surface area contributed by atoms with Gasteiger partial charge in [-0.05, 0) is 12.1 Å². The van der Waals surface area contributed by atoms with Crippen molar-refractivity contribution in [2.24, 2.45) is 0 Å². The van der Waals surface area contributed by atoms with E-state index in [1.165, 1.54) is 0 Å². The lowest BCUT2D eigenvalue weighted by Crippen LogP contribution is -2.11. The van der Waals surface area contributed by atoms with Gasteiger partial charge in [0.25, 0.3) is 0 Å². The predicted octanol–water partition coefficient (Wildman–Crippen LogP) is 3.26. The average molecular weight is 264 g/mol. The van der Waals surface area contributed by atoms with Crippen molar-refractivity contribution >= 4 is 0 Å². The van der Waals surface area contributed by atoms with Crippen LogP contribution >= 0.6 is 0 Å².